The number of hydrogen-bond acceptors (Lipinski definition) is 7. The lowest BCUT2D eigenvalue weighted by molar-refractivity contribution is 0.416. The Morgan fingerprint density at radius 1 is 1.26 bits per heavy atom. The van der Waals surface area contributed by atoms with Crippen LogP contribution in [0.2, 0.25) is 0 Å². The maximum absolute atomic E-state index is 12.1. The van der Waals surface area contributed by atoms with Crippen molar-refractivity contribution < 1.29 is 17.6 Å². The summed E-state index contributed by atoms with van der Waals surface area (Å²) in [4.78, 5) is 4.35. The van der Waals surface area contributed by atoms with Gasteiger partial charge in [-0.3, -0.25) is 0 Å². The number of sulfone groups is 1. The van der Waals surface area contributed by atoms with Crippen molar-refractivity contribution in [2.24, 2.45) is 0 Å². The number of hydrogen-bond donors (Lipinski definition) is 1. The van der Waals surface area contributed by atoms with Crippen LogP contribution in [0.1, 0.15) is 12.5 Å². The number of anilines is 2. The molecule has 0 unspecified atom stereocenters. The van der Waals surface area contributed by atoms with E-state index < -0.39 is 9.84 Å². The highest BCUT2D eigenvalue weighted by Gasteiger charge is 2.16. The molecular formula is C19H17N3O4S. The Kier molecular flexibility index (Phi) is 5.14. The molecule has 8 heteroatoms. The summed E-state index contributed by atoms with van der Waals surface area (Å²) in [5, 5.41) is 12.0. The third-order valence-electron chi connectivity index (χ3n) is 3.93. The molecule has 0 aliphatic rings. The van der Waals surface area contributed by atoms with Gasteiger partial charge >= 0.3 is 0 Å². The molecule has 3 rings (SSSR count). The molecule has 3 aromatic rings. The number of methoxy groups -OCH3 is 1. The van der Waals surface area contributed by atoms with E-state index in [1.807, 2.05) is 0 Å². The van der Waals surface area contributed by atoms with Gasteiger partial charge in [0.05, 0.1) is 41.3 Å². The standard InChI is InChI=1S/C19H17N3O4S/c1-3-27(23,24)15-7-8-17(25-2)16(10-15)22-19-21-12-18(26-19)14-6-4-5-13(9-14)11-20/h4-10,12H,3H2,1-2H3,(H,21,22). The molecule has 27 heavy (non-hydrogen) atoms. The molecule has 1 N–H and O–H groups in total. The first-order valence-electron chi connectivity index (χ1n) is 8.11. The molecule has 0 saturated heterocycles. The van der Waals surface area contributed by atoms with Gasteiger partial charge in [0.2, 0.25) is 0 Å². The second-order valence-electron chi connectivity index (χ2n) is 5.61. The van der Waals surface area contributed by atoms with Gasteiger partial charge in [0.15, 0.2) is 15.6 Å². The van der Waals surface area contributed by atoms with Crippen molar-refractivity contribution in [2.75, 3.05) is 18.2 Å². The van der Waals surface area contributed by atoms with E-state index in [1.165, 1.54) is 25.4 Å². The lowest BCUT2D eigenvalue weighted by Crippen LogP contribution is -2.05. The molecule has 1 aromatic heterocycles. The third-order valence-corrected chi connectivity index (χ3v) is 5.67. The van der Waals surface area contributed by atoms with E-state index in [4.69, 9.17) is 14.4 Å². The second-order valence-corrected chi connectivity index (χ2v) is 7.89. The van der Waals surface area contributed by atoms with E-state index in [1.54, 1.807) is 37.3 Å². The minimum absolute atomic E-state index is 0.00283. The van der Waals surface area contributed by atoms with Crippen LogP contribution >= 0.6 is 0 Å². The van der Waals surface area contributed by atoms with Crippen molar-refractivity contribution in [1.82, 2.24) is 4.98 Å². The maximum Gasteiger partial charge on any atom is 0.299 e. The molecule has 0 atom stereocenters. The van der Waals surface area contributed by atoms with Crippen molar-refractivity contribution in [1.29, 1.82) is 5.26 Å². The van der Waals surface area contributed by atoms with Crippen LogP contribution in [0.3, 0.4) is 0 Å². The van der Waals surface area contributed by atoms with E-state index in [0.717, 1.165) is 0 Å². The number of rotatable bonds is 6. The molecule has 0 aliphatic carbocycles. The fourth-order valence-corrected chi connectivity index (χ4v) is 3.37. The van der Waals surface area contributed by atoms with E-state index in [9.17, 15) is 8.42 Å². The summed E-state index contributed by atoms with van der Waals surface area (Å²) in [6, 6.07) is 13.8. The predicted molar refractivity (Wildman–Crippen MR) is 101 cm³/mol. The number of nitrogens with one attached hydrogen (secondary N) is 1. The second kappa shape index (κ2) is 7.51. The molecule has 0 radical (unpaired) electrons. The Morgan fingerprint density at radius 3 is 2.78 bits per heavy atom. The van der Waals surface area contributed by atoms with Crippen molar-refractivity contribution in [3.8, 4) is 23.1 Å². The van der Waals surface area contributed by atoms with Crippen molar-refractivity contribution in [3.05, 3.63) is 54.2 Å². The summed E-state index contributed by atoms with van der Waals surface area (Å²) in [7, 11) is -1.87. The van der Waals surface area contributed by atoms with Gasteiger partial charge in [-0.25, -0.2) is 13.4 Å². The van der Waals surface area contributed by atoms with Gasteiger partial charge in [-0.15, -0.1) is 0 Å². The zero-order chi connectivity index (χ0) is 19.4. The molecule has 0 bridgehead atoms. The monoisotopic (exact) mass is 383 g/mol. The SMILES string of the molecule is CCS(=O)(=O)c1ccc(OC)c(Nc2ncc(-c3cccc(C#N)c3)o2)c1. The number of nitriles is 1. The first-order chi connectivity index (χ1) is 13.0. The molecule has 0 amide bonds. The average molecular weight is 383 g/mol. The number of oxazole rings is 1. The largest absolute Gasteiger partial charge is 0.495 e. The van der Waals surface area contributed by atoms with E-state index in [0.29, 0.717) is 28.3 Å². The quantitative estimate of drug-likeness (QED) is 0.691. The normalized spacial score (nSPS) is 11.0. The van der Waals surface area contributed by atoms with Gasteiger partial charge < -0.3 is 14.5 Å². The molecule has 0 spiro atoms. The lowest BCUT2D eigenvalue weighted by atomic mass is 10.1. The van der Waals surface area contributed by atoms with Gasteiger partial charge in [-0.2, -0.15) is 5.26 Å². The third kappa shape index (κ3) is 3.93. The summed E-state index contributed by atoms with van der Waals surface area (Å²) in [5.41, 5.74) is 1.65. The Bertz CT molecular complexity index is 1110. The zero-order valence-corrected chi connectivity index (χ0v) is 15.6. The smallest absolute Gasteiger partial charge is 0.299 e. The molecular weight excluding hydrogens is 366 g/mol. The molecule has 138 valence electrons. The molecule has 2 aromatic carbocycles. The van der Waals surface area contributed by atoms with E-state index >= 15 is 0 Å². The Morgan fingerprint density at radius 2 is 2.07 bits per heavy atom. The van der Waals surface area contributed by atoms with Gasteiger partial charge in [0.1, 0.15) is 5.75 Å². The Balaban J connectivity index is 1.93. The van der Waals surface area contributed by atoms with Crippen LogP contribution < -0.4 is 10.1 Å². The summed E-state index contributed by atoms with van der Waals surface area (Å²) in [5.74, 6) is 0.930. The molecule has 0 aliphatic heterocycles. The summed E-state index contributed by atoms with van der Waals surface area (Å²) in [6.07, 6.45) is 1.53. The minimum Gasteiger partial charge on any atom is -0.495 e. The first kappa shape index (κ1) is 18.5. The number of nitrogens with zero attached hydrogens (tertiary/aromatic N) is 2. The van der Waals surface area contributed by atoms with Crippen molar-refractivity contribution >= 4 is 21.5 Å². The van der Waals surface area contributed by atoms with Crippen LogP contribution in [0.5, 0.6) is 5.75 Å². The lowest BCUT2D eigenvalue weighted by Gasteiger charge is -2.10. The molecule has 0 saturated carbocycles. The van der Waals surface area contributed by atoms with E-state index in [2.05, 4.69) is 16.4 Å². The fourth-order valence-electron chi connectivity index (χ4n) is 2.47. The number of aromatic nitrogens is 1. The highest BCUT2D eigenvalue weighted by Crippen LogP contribution is 2.32. The van der Waals surface area contributed by atoms with Gasteiger partial charge in [-0.05, 0) is 30.3 Å². The minimum atomic E-state index is -3.36. The van der Waals surface area contributed by atoms with Crippen molar-refractivity contribution in [3.63, 3.8) is 0 Å². The topological polar surface area (TPSA) is 105 Å². The van der Waals surface area contributed by atoms with Crippen LogP contribution in [0.4, 0.5) is 11.7 Å². The fraction of sp³-hybridized carbons (Fsp3) is 0.158. The highest BCUT2D eigenvalue weighted by atomic mass is 32.2. The number of benzene rings is 2. The van der Waals surface area contributed by atoms with Crippen LogP contribution in [0.25, 0.3) is 11.3 Å². The molecule has 7 nitrogen and oxygen atoms in total. The summed E-state index contributed by atoms with van der Waals surface area (Å²) in [6.45, 7) is 1.59. The molecule has 1 heterocycles. The maximum atomic E-state index is 12.1. The first-order valence-corrected chi connectivity index (χ1v) is 9.76. The Labute approximate surface area is 157 Å². The Hall–Kier alpha value is -3.31. The van der Waals surface area contributed by atoms with Crippen molar-refractivity contribution in [2.45, 2.75) is 11.8 Å². The summed E-state index contributed by atoms with van der Waals surface area (Å²) < 4.78 is 35.2. The van der Waals surface area contributed by atoms with Crippen LogP contribution in [0, 0.1) is 11.3 Å². The number of ether oxygens (including phenoxy) is 1. The van der Waals surface area contributed by atoms with Crippen LogP contribution in [-0.4, -0.2) is 26.3 Å². The summed E-state index contributed by atoms with van der Waals surface area (Å²) >= 11 is 0. The molecule has 0 fully saturated rings. The zero-order valence-electron chi connectivity index (χ0n) is 14.8. The van der Waals surface area contributed by atoms with Crippen LogP contribution in [0.15, 0.2) is 58.0 Å². The van der Waals surface area contributed by atoms with Crippen LogP contribution in [-0.2, 0) is 9.84 Å². The van der Waals surface area contributed by atoms with E-state index in [-0.39, 0.29) is 16.7 Å². The van der Waals surface area contributed by atoms with Gasteiger partial charge in [0, 0.05) is 5.56 Å². The van der Waals surface area contributed by atoms with Gasteiger partial charge in [-0.1, -0.05) is 19.1 Å². The predicted octanol–water partition coefficient (Wildman–Crippen LogP) is 3.76. The highest BCUT2D eigenvalue weighted by molar-refractivity contribution is 7.91. The van der Waals surface area contributed by atoms with Gasteiger partial charge in [0.25, 0.3) is 6.01 Å². The average Bonchev–Trinajstić information content (AvgIpc) is 3.16.